The number of imidazole rings is 1. The standard InChI is InChI=1S/C20H22N4O2/c1-23(2)17-8-4-15(5-9-17)20(25)22-16-6-10-18(11-7-16)26-14-19-21-12-13-24(19)3/h4-13H,14H2,1-3H3,(H,22,25). The monoisotopic (exact) mass is 350 g/mol. The van der Waals surface area contributed by atoms with Gasteiger partial charge in [-0.15, -0.1) is 0 Å². The number of benzene rings is 2. The van der Waals surface area contributed by atoms with Crippen LogP contribution in [0.3, 0.4) is 0 Å². The predicted octanol–water partition coefficient (Wildman–Crippen LogP) is 3.32. The van der Waals surface area contributed by atoms with E-state index in [0.717, 1.165) is 22.9 Å². The number of anilines is 2. The molecule has 0 saturated carbocycles. The molecule has 134 valence electrons. The summed E-state index contributed by atoms with van der Waals surface area (Å²) in [6, 6.07) is 14.8. The van der Waals surface area contributed by atoms with Crippen LogP contribution >= 0.6 is 0 Å². The van der Waals surface area contributed by atoms with Crippen molar-refractivity contribution in [3.8, 4) is 5.75 Å². The lowest BCUT2D eigenvalue weighted by Gasteiger charge is -2.13. The molecule has 6 nitrogen and oxygen atoms in total. The van der Waals surface area contributed by atoms with E-state index in [1.165, 1.54) is 0 Å². The molecule has 0 atom stereocenters. The van der Waals surface area contributed by atoms with Crippen molar-refractivity contribution in [1.29, 1.82) is 0 Å². The van der Waals surface area contributed by atoms with Crippen LogP contribution in [0.15, 0.2) is 60.9 Å². The van der Waals surface area contributed by atoms with Gasteiger partial charge in [0.15, 0.2) is 0 Å². The molecule has 26 heavy (non-hydrogen) atoms. The van der Waals surface area contributed by atoms with Gasteiger partial charge in [-0.25, -0.2) is 4.98 Å². The minimum absolute atomic E-state index is 0.142. The van der Waals surface area contributed by atoms with E-state index < -0.39 is 0 Å². The molecular formula is C20H22N4O2. The van der Waals surface area contributed by atoms with Crippen molar-refractivity contribution in [2.45, 2.75) is 6.61 Å². The maximum absolute atomic E-state index is 12.3. The number of nitrogens with one attached hydrogen (secondary N) is 1. The fraction of sp³-hybridized carbons (Fsp3) is 0.200. The third kappa shape index (κ3) is 4.22. The molecule has 1 N–H and O–H groups in total. The van der Waals surface area contributed by atoms with E-state index in [0.29, 0.717) is 12.2 Å². The number of carbonyl (C=O) groups excluding carboxylic acids is 1. The highest BCUT2D eigenvalue weighted by Crippen LogP contribution is 2.18. The zero-order valence-electron chi connectivity index (χ0n) is 15.1. The zero-order valence-corrected chi connectivity index (χ0v) is 15.1. The van der Waals surface area contributed by atoms with Crippen molar-refractivity contribution in [3.63, 3.8) is 0 Å². The number of rotatable bonds is 6. The molecular weight excluding hydrogens is 328 g/mol. The van der Waals surface area contributed by atoms with Gasteiger partial charge in [0, 0.05) is 50.5 Å². The van der Waals surface area contributed by atoms with Crippen LogP contribution < -0.4 is 15.0 Å². The minimum atomic E-state index is -0.142. The number of aromatic nitrogens is 2. The third-order valence-corrected chi connectivity index (χ3v) is 4.05. The highest BCUT2D eigenvalue weighted by Gasteiger charge is 2.07. The molecule has 0 radical (unpaired) electrons. The lowest BCUT2D eigenvalue weighted by Crippen LogP contribution is -2.13. The molecule has 0 unspecified atom stereocenters. The summed E-state index contributed by atoms with van der Waals surface area (Å²) in [6.07, 6.45) is 3.62. The van der Waals surface area contributed by atoms with E-state index in [1.54, 1.807) is 6.20 Å². The molecule has 0 bridgehead atoms. The second-order valence-corrected chi connectivity index (χ2v) is 6.16. The smallest absolute Gasteiger partial charge is 0.255 e. The number of amides is 1. The summed E-state index contributed by atoms with van der Waals surface area (Å²) in [5.74, 6) is 1.43. The first kappa shape index (κ1) is 17.5. The number of carbonyl (C=O) groups is 1. The van der Waals surface area contributed by atoms with Crippen LogP contribution in [0.4, 0.5) is 11.4 Å². The van der Waals surface area contributed by atoms with E-state index in [4.69, 9.17) is 4.74 Å². The van der Waals surface area contributed by atoms with Gasteiger partial charge in [-0.2, -0.15) is 0 Å². The van der Waals surface area contributed by atoms with E-state index in [9.17, 15) is 4.79 Å². The van der Waals surface area contributed by atoms with Crippen molar-refractivity contribution in [3.05, 3.63) is 72.3 Å². The van der Waals surface area contributed by atoms with Gasteiger partial charge in [0.05, 0.1) is 0 Å². The topological polar surface area (TPSA) is 59.4 Å². The Morgan fingerprint density at radius 2 is 1.81 bits per heavy atom. The van der Waals surface area contributed by atoms with Crippen molar-refractivity contribution in [1.82, 2.24) is 9.55 Å². The molecule has 0 aliphatic heterocycles. The summed E-state index contributed by atoms with van der Waals surface area (Å²) >= 11 is 0. The summed E-state index contributed by atoms with van der Waals surface area (Å²) < 4.78 is 7.62. The van der Waals surface area contributed by atoms with E-state index in [-0.39, 0.29) is 5.91 Å². The number of ether oxygens (including phenoxy) is 1. The molecule has 2 aromatic carbocycles. The Morgan fingerprint density at radius 3 is 2.38 bits per heavy atom. The molecule has 0 aliphatic carbocycles. The number of hydrogen-bond donors (Lipinski definition) is 1. The van der Waals surface area contributed by atoms with Crippen molar-refractivity contribution >= 4 is 17.3 Å². The van der Waals surface area contributed by atoms with Gasteiger partial charge in [0.25, 0.3) is 5.91 Å². The molecule has 1 aromatic heterocycles. The Hall–Kier alpha value is -3.28. The predicted molar refractivity (Wildman–Crippen MR) is 103 cm³/mol. The van der Waals surface area contributed by atoms with Crippen LogP contribution in [0.5, 0.6) is 5.75 Å². The normalized spacial score (nSPS) is 10.4. The van der Waals surface area contributed by atoms with Gasteiger partial charge >= 0.3 is 0 Å². The Bertz CT molecular complexity index is 868. The molecule has 1 heterocycles. The number of aryl methyl sites for hydroxylation is 1. The Morgan fingerprint density at radius 1 is 1.12 bits per heavy atom. The van der Waals surface area contributed by atoms with Crippen molar-refractivity contribution in [2.24, 2.45) is 7.05 Å². The quantitative estimate of drug-likeness (QED) is 0.741. The van der Waals surface area contributed by atoms with E-state index in [1.807, 2.05) is 85.3 Å². The summed E-state index contributed by atoms with van der Waals surface area (Å²) in [4.78, 5) is 18.5. The van der Waals surface area contributed by atoms with Gasteiger partial charge in [-0.1, -0.05) is 0 Å². The lowest BCUT2D eigenvalue weighted by molar-refractivity contribution is 0.102. The average molecular weight is 350 g/mol. The molecule has 3 rings (SSSR count). The SMILES string of the molecule is CN(C)c1ccc(C(=O)Nc2ccc(OCc3nccn3C)cc2)cc1. The average Bonchev–Trinajstić information content (AvgIpc) is 3.06. The molecule has 0 spiro atoms. The summed E-state index contributed by atoms with van der Waals surface area (Å²) in [7, 11) is 5.86. The van der Waals surface area contributed by atoms with Crippen LogP contribution in [0.1, 0.15) is 16.2 Å². The van der Waals surface area contributed by atoms with Crippen molar-refractivity contribution < 1.29 is 9.53 Å². The lowest BCUT2D eigenvalue weighted by atomic mass is 10.2. The minimum Gasteiger partial charge on any atom is -0.486 e. The number of hydrogen-bond acceptors (Lipinski definition) is 4. The van der Waals surface area contributed by atoms with Crippen molar-refractivity contribution in [2.75, 3.05) is 24.3 Å². The third-order valence-electron chi connectivity index (χ3n) is 4.05. The van der Waals surface area contributed by atoms with Crippen LogP contribution in [0.25, 0.3) is 0 Å². The highest BCUT2D eigenvalue weighted by atomic mass is 16.5. The first-order valence-corrected chi connectivity index (χ1v) is 8.31. The van der Waals surface area contributed by atoms with Gasteiger partial charge in [-0.05, 0) is 48.5 Å². The van der Waals surface area contributed by atoms with Gasteiger partial charge in [-0.3, -0.25) is 4.79 Å². The summed E-state index contributed by atoms with van der Waals surface area (Å²) in [6.45, 7) is 0.396. The highest BCUT2D eigenvalue weighted by molar-refractivity contribution is 6.04. The number of nitrogens with zero attached hydrogens (tertiary/aromatic N) is 3. The molecule has 0 aliphatic rings. The summed E-state index contributed by atoms with van der Waals surface area (Å²) in [5, 5.41) is 2.89. The van der Waals surface area contributed by atoms with Gasteiger partial charge in [0.1, 0.15) is 18.2 Å². The maximum atomic E-state index is 12.3. The van der Waals surface area contributed by atoms with Crippen LogP contribution in [-0.2, 0) is 13.7 Å². The molecule has 0 fully saturated rings. The van der Waals surface area contributed by atoms with Crippen LogP contribution in [0.2, 0.25) is 0 Å². The van der Waals surface area contributed by atoms with Crippen LogP contribution in [0, 0.1) is 0 Å². The van der Waals surface area contributed by atoms with Gasteiger partial charge < -0.3 is 19.5 Å². The Labute approximate surface area is 153 Å². The maximum Gasteiger partial charge on any atom is 0.255 e. The van der Waals surface area contributed by atoms with Crippen LogP contribution in [-0.4, -0.2) is 29.6 Å². The molecule has 1 amide bonds. The zero-order chi connectivity index (χ0) is 18.5. The first-order valence-electron chi connectivity index (χ1n) is 8.31. The van der Waals surface area contributed by atoms with E-state index in [2.05, 4.69) is 10.3 Å². The Balaban J connectivity index is 1.58. The fourth-order valence-electron chi connectivity index (χ4n) is 2.43. The van der Waals surface area contributed by atoms with Gasteiger partial charge in [0.2, 0.25) is 0 Å². The second-order valence-electron chi connectivity index (χ2n) is 6.16. The molecule has 0 saturated heterocycles. The second kappa shape index (κ2) is 7.74. The molecule has 6 heteroatoms. The fourth-order valence-corrected chi connectivity index (χ4v) is 2.43. The first-order chi connectivity index (χ1) is 12.5. The molecule has 3 aromatic rings. The van der Waals surface area contributed by atoms with E-state index >= 15 is 0 Å². The largest absolute Gasteiger partial charge is 0.486 e. The Kier molecular flexibility index (Phi) is 5.22. The summed E-state index contributed by atoms with van der Waals surface area (Å²) in [5.41, 5.74) is 2.39.